The van der Waals surface area contributed by atoms with Crippen molar-refractivity contribution in [3.63, 3.8) is 0 Å². The third kappa shape index (κ3) is 2.09. The van der Waals surface area contributed by atoms with Gasteiger partial charge in [0.25, 0.3) is 0 Å². The molecule has 0 unspecified atom stereocenters. The van der Waals surface area contributed by atoms with Crippen molar-refractivity contribution in [1.82, 2.24) is 0 Å². The average Bonchev–Trinajstić information content (AvgIpc) is 2.22. The van der Waals surface area contributed by atoms with Gasteiger partial charge in [-0.25, -0.2) is 0 Å². The van der Waals surface area contributed by atoms with E-state index in [1.807, 2.05) is 0 Å². The van der Waals surface area contributed by atoms with Crippen LogP contribution in [0.1, 0.15) is 12.8 Å². The van der Waals surface area contributed by atoms with E-state index in [1.165, 1.54) is 0 Å². The first-order chi connectivity index (χ1) is 5.83. The van der Waals surface area contributed by atoms with Crippen molar-refractivity contribution >= 4 is 46.4 Å². The van der Waals surface area contributed by atoms with Crippen molar-refractivity contribution in [2.75, 3.05) is 13.1 Å². The van der Waals surface area contributed by atoms with E-state index >= 15 is 0 Å². The van der Waals surface area contributed by atoms with Gasteiger partial charge in [0.2, 0.25) is 0 Å². The van der Waals surface area contributed by atoms with Crippen LogP contribution in [0.15, 0.2) is 0 Å². The summed E-state index contributed by atoms with van der Waals surface area (Å²) in [6.45, 7) is 0.579. The summed E-state index contributed by atoms with van der Waals surface area (Å²) in [7, 11) is 0. The van der Waals surface area contributed by atoms with Gasteiger partial charge in [0.05, 0.1) is 0 Å². The number of rotatable bonds is 2. The predicted molar refractivity (Wildman–Crippen MR) is 58.6 cm³/mol. The first kappa shape index (κ1) is 15.8. The third-order valence-corrected chi connectivity index (χ3v) is 5.60. The molecule has 0 heterocycles. The summed E-state index contributed by atoms with van der Waals surface area (Å²) in [5.41, 5.74) is 10.6. The largest absolute Gasteiger partial charge is 0.330 e. The molecule has 1 aliphatic carbocycles. The normalized spacial score (nSPS) is 27.0. The maximum absolute atomic E-state index is 6.12. The molecule has 0 spiro atoms. The molecule has 0 saturated heterocycles. The molecule has 7 heteroatoms. The van der Waals surface area contributed by atoms with Crippen LogP contribution in [0.4, 0.5) is 0 Å². The van der Waals surface area contributed by atoms with E-state index in [4.69, 9.17) is 57.9 Å². The van der Waals surface area contributed by atoms with E-state index in [-0.39, 0.29) is 34.2 Å². The Morgan fingerprint density at radius 2 is 1.36 bits per heavy atom. The Kier molecular flexibility index (Phi) is 5.58. The van der Waals surface area contributed by atoms with E-state index in [0.29, 0.717) is 12.8 Å². The molecule has 0 atom stereocenters. The molecule has 0 amide bonds. The molecule has 0 aromatic heterocycles. The molecule has 0 aromatic carbocycles. The molecule has 88 valence electrons. The van der Waals surface area contributed by atoms with Gasteiger partial charge in [-0.1, -0.05) is 46.4 Å². The fraction of sp³-hybridized carbons (Fsp3) is 1.00. The minimum Gasteiger partial charge on any atom is -0.330 e. The molecule has 0 radical (unpaired) electrons. The van der Waals surface area contributed by atoms with Gasteiger partial charge in [-0.05, 0) is 12.8 Å². The van der Waals surface area contributed by atoms with E-state index < -0.39 is 14.1 Å². The Bertz CT molecular complexity index is 206. The Morgan fingerprint density at radius 1 is 0.929 bits per heavy atom. The van der Waals surface area contributed by atoms with E-state index in [0.717, 1.165) is 0 Å². The average molecular weight is 461 g/mol. The maximum Gasteiger partial charge on any atom is 0.158 e. The van der Waals surface area contributed by atoms with E-state index in [2.05, 4.69) is 0 Å². The number of nitrogens with two attached hydrogens (primary N) is 2. The van der Waals surface area contributed by atoms with Gasteiger partial charge in [-0.3, -0.25) is 0 Å². The SMILES string of the molecule is NCC1(CN)CCC(Cl)(Cl)C1(Cl)Cl.[Pt]. The number of hydrogen-bond acceptors (Lipinski definition) is 2. The molecule has 1 rings (SSSR count). The van der Waals surface area contributed by atoms with Gasteiger partial charge in [-0.2, -0.15) is 0 Å². The molecule has 0 bridgehead atoms. The van der Waals surface area contributed by atoms with E-state index in [9.17, 15) is 0 Å². The molecule has 4 N–H and O–H groups in total. The van der Waals surface area contributed by atoms with Crippen molar-refractivity contribution in [1.29, 1.82) is 0 Å². The molecular formula is C7H12Cl4N2Pt. The fourth-order valence-corrected chi connectivity index (χ4v) is 2.92. The summed E-state index contributed by atoms with van der Waals surface area (Å²) >= 11 is 24.2. The van der Waals surface area contributed by atoms with Crippen molar-refractivity contribution < 1.29 is 21.1 Å². The van der Waals surface area contributed by atoms with Crippen molar-refractivity contribution in [3.05, 3.63) is 0 Å². The molecule has 14 heavy (non-hydrogen) atoms. The number of halogens is 4. The Balaban J connectivity index is 0.00000169. The van der Waals surface area contributed by atoms with Gasteiger partial charge in [0.15, 0.2) is 8.67 Å². The number of alkyl halides is 4. The summed E-state index contributed by atoms with van der Waals surface area (Å²) in [5.74, 6) is 0. The minimum absolute atomic E-state index is 0. The third-order valence-electron chi connectivity index (χ3n) is 2.82. The first-order valence-corrected chi connectivity index (χ1v) is 5.50. The van der Waals surface area contributed by atoms with Crippen molar-refractivity contribution in [3.8, 4) is 0 Å². The predicted octanol–water partition coefficient (Wildman–Crippen LogP) is 2.03. The minimum atomic E-state index is -1.27. The topological polar surface area (TPSA) is 52.0 Å². The van der Waals surface area contributed by atoms with Crippen LogP contribution in [0.25, 0.3) is 0 Å². The van der Waals surface area contributed by atoms with Crippen LogP contribution in [0.5, 0.6) is 0 Å². The van der Waals surface area contributed by atoms with Gasteiger partial charge in [0.1, 0.15) is 0 Å². The second-order valence-electron chi connectivity index (χ2n) is 3.47. The van der Waals surface area contributed by atoms with Crippen LogP contribution >= 0.6 is 46.4 Å². The van der Waals surface area contributed by atoms with Gasteiger partial charge < -0.3 is 11.5 Å². The molecule has 0 aromatic rings. The standard InChI is InChI=1S/C7H12Cl4N2.Pt/c8-6(9)2-1-5(3-12,4-13)7(6,10)11;/h1-4,12-13H2;. The molecule has 1 fully saturated rings. The zero-order valence-electron chi connectivity index (χ0n) is 7.31. The van der Waals surface area contributed by atoms with Crippen LogP contribution in [0.2, 0.25) is 0 Å². The molecule has 2 nitrogen and oxygen atoms in total. The summed E-state index contributed by atoms with van der Waals surface area (Å²) in [4.78, 5) is 0. The Morgan fingerprint density at radius 3 is 1.50 bits per heavy atom. The van der Waals surface area contributed by atoms with Crippen LogP contribution in [0.3, 0.4) is 0 Å². The Labute approximate surface area is 118 Å². The molecule has 0 aliphatic heterocycles. The molecule has 1 aliphatic rings. The van der Waals surface area contributed by atoms with E-state index in [1.54, 1.807) is 0 Å². The second-order valence-corrected chi connectivity index (χ2v) is 6.28. The molecular weight excluding hydrogens is 449 g/mol. The molecule has 1 saturated carbocycles. The number of hydrogen-bond donors (Lipinski definition) is 2. The van der Waals surface area contributed by atoms with Crippen LogP contribution < -0.4 is 11.5 Å². The summed E-state index contributed by atoms with van der Waals surface area (Å²) in [5, 5.41) is 0. The summed E-state index contributed by atoms with van der Waals surface area (Å²) < 4.78 is -2.43. The zero-order valence-corrected chi connectivity index (χ0v) is 12.6. The fourth-order valence-electron chi connectivity index (χ4n) is 1.64. The van der Waals surface area contributed by atoms with Gasteiger partial charge in [0, 0.05) is 39.6 Å². The quantitative estimate of drug-likeness (QED) is 0.619. The zero-order chi connectivity index (χ0) is 10.3. The first-order valence-electron chi connectivity index (χ1n) is 3.99. The van der Waals surface area contributed by atoms with Crippen molar-refractivity contribution in [2.45, 2.75) is 21.5 Å². The monoisotopic (exact) mass is 459 g/mol. The summed E-state index contributed by atoms with van der Waals surface area (Å²) in [6.07, 6.45) is 1.16. The Hall–Kier alpha value is 1.77. The van der Waals surface area contributed by atoms with Crippen LogP contribution in [0, 0.1) is 5.41 Å². The second kappa shape index (κ2) is 4.96. The van der Waals surface area contributed by atoms with Gasteiger partial charge >= 0.3 is 0 Å². The van der Waals surface area contributed by atoms with Crippen molar-refractivity contribution in [2.24, 2.45) is 16.9 Å². The van der Waals surface area contributed by atoms with Gasteiger partial charge in [-0.15, -0.1) is 0 Å². The smallest absolute Gasteiger partial charge is 0.158 e. The van der Waals surface area contributed by atoms with Crippen LogP contribution in [-0.2, 0) is 21.1 Å². The maximum atomic E-state index is 6.12. The summed E-state index contributed by atoms with van der Waals surface area (Å²) in [6, 6.07) is 0. The van der Waals surface area contributed by atoms with Crippen LogP contribution in [-0.4, -0.2) is 21.8 Å².